The third-order valence-electron chi connectivity index (χ3n) is 2.85. The second-order valence-electron chi connectivity index (χ2n) is 4.94. The minimum absolute atomic E-state index is 0. The Morgan fingerprint density at radius 2 is 2.30 bits per heavy atom. The van der Waals surface area contributed by atoms with Crippen LogP contribution >= 0.6 is 47.9 Å². The molecule has 0 aromatic carbocycles. The van der Waals surface area contributed by atoms with Gasteiger partial charge < -0.3 is 10.6 Å². The first-order valence-electron chi connectivity index (χ1n) is 6.10. The summed E-state index contributed by atoms with van der Waals surface area (Å²) in [7, 11) is 0. The van der Waals surface area contributed by atoms with Crippen LogP contribution in [0.15, 0.2) is 11.6 Å². The summed E-state index contributed by atoms with van der Waals surface area (Å²) in [6, 6.07) is 0.302. The number of thioether (sulfide) groups is 1. The molecule has 0 bridgehead atoms. The highest BCUT2D eigenvalue weighted by Gasteiger charge is 2.26. The zero-order chi connectivity index (χ0) is 13.0. The molecule has 1 atom stereocenters. The number of rotatable bonds is 4. The van der Waals surface area contributed by atoms with E-state index < -0.39 is 0 Å². The van der Waals surface area contributed by atoms with Crippen molar-refractivity contribution in [1.29, 1.82) is 0 Å². The minimum atomic E-state index is -0.382. The molecule has 116 valence electrons. The van der Waals surface area contributed by atoms with Crippen molar-refractivity contribution < 1.29 is 4.79 Å². The molecule has 8 heteroatoms. The fourth-order valence-electron chi connectivity index (χ4n) is 1.96. The van der Waals surface area contributed by atoms with Gasteiger partial charge in [-0.05, 0) is 13.8 Å². The Balaban J connectivity index is 0.00000180. The van der Waals surface area contributed by atoms with Crippen molar-refractivity contribution in [1.82, 2.24) is 15.6 Å². The molecule has 1 aromatic rings. The van der Waals surface area contributed by atoms with Crippen LogP contribution in [0.2, 0.25) is 0 Å². The number of carbonyl (C=O) groups excluding carboxylic acids is 1. The molecular weight excluding hydrogens is 337 g/mol. The van der Waals surface area contributed by atoms with Gasteiger partial charge in [0.2, 0.25) is 5.91 Å². The molecule has 1 amide bonds. The average Bonchev–Trinajstić information content (AvgIpc) is 2.83. The van der Waals surface area contributed by atoms with Gasteiger partial charge in [-0.25, -0.2) is 4.98 Å². The smallest absolute Gasteiger partial charge is 0.222 e. The van der Waals surface area contributed by atoms with Crippen molar-refractivity contribution in [3.8, 4) is 0 Å². The van der Waals surface area contributed by atoms with Gasteiger partial charge in [-0.1, -0.05) is 0 Å². The Labute approximate surface area is 140 Å². The second kappa shape index (κ2) is 9.10. The molecule has 20 heavy (non-hydrogen) atoms. The van der Waals surface area contributed by atoms with E-state index >= 15 is 0 Å². The third kappa shape index (κ3) is 5.77. The van der Waals surface area contributed by atoms with Crippen LogP contribution in [-0.2, 0) is 10.3 Å². The molecule has 1 unspecified atom stereocenters. The Morgan fingerprint density at radius 1 is 1.55 bits per heavy atom. The quantitative estimate of drug-likeness (QED) is 0.868. The molecule has 0 saturated carbocycles. The van der Waals surface area contributed by atoms with Gasteiger partial charge in [-0.15, -0.1) is 36.2 Å². The third-order valence-corrected chi connectivity index (χ3v) is 5.08. The first-order valence-corrected chi connectivity index (χ1v) is 8.13. The van der Waals surface area contributed by atoms with Crippen LogP contribution in [-0.4, -0.2) is 35.0 Å². The number of hydrogen-bond donors (Lipinski definition) is 2. The molecule has 4 nitrogen and oxygen atoms in total. The second-order valence-corrected chi connectivity index (χ2v) is 6.98. The van der Waals surface area contributed by atoms with E-state index in [-0.39, 0.29) is 36.3 Å². The van der Waals surface area contributed by atoms with Gasteiger partial charge in [-0.3, -0.25) is 4.79 Å². The number of thiazole rings is 1. The van der Waals surface area contributed by atoms with E-state index in [1.807, 2.05) is 31.0 Å². The van der Waals surface area contributed by atoms with Crippen molar-refractivity contribution in [3.63, 3.8) is 0 Å². The number of nitrogens with zero attached hydrogens (tertiary/aromatic N) is 1. The molecule has 1 aliphatic rings. The maximum atomic E-state index is 12.0. The minimum Gasteiger partial charge on any atom is -0.345 e. The largest absolute Gasteiger partial charge is 0.345 e. The number of carbonyl (C=O) groups is 1. The summed E-state index contributed by atoms with van der Waals surface area (Å²) in [5, 5.41) is 9.32. The predicted molar refractivity (Wildman–Crippen MR) is 91.5 cm³/mol. The van der Waals surface area contributed by atoms with Crippen molar-refractivity contribution >= 4 is 53.8 Å². The molecule has 1 fully saturated rings. The summed E-state index contributed by atoms with van der Waals surface area (Å²) in [5.74, 6) is 2.25. The molecule has 0 spiro atoms. The highest BCUT2D eigenvalue weighted by atomic mass is 35.5. The molecule has 2 rings (SSSR count). The van der Waals surface area contributed by atoms with Crippen molar-refractivity contribution in [3.05, 3.63) is 16.6 Å². The van der Waals surface area contributed by atoms with E-state index in [4.69, 9.17) is 0 Å². The zero-order valence-corrected chi connectivity index (χ0v) is 14.8. The molecule has 0 radical (unpaired) electrons. The van der Waals surface area contributed by atoms with Gasteiger partial charge in [0, 0.05) is 42.1 Å². The van der Waals surface area contributed by atoms with Gasteiger partial charge in [0.1, 0.15) is 5.01 Å². The normalized spacial score (nSPS) is 18.6. The Bertz CT molecular complexity index is 395. The predicted octanol–water partition coefficient (Wildman–Crippen LogP) is 2.43. The molecule has 0 aliphatic carbocycles. The summed E-state index contributed by atoms with van der Waals surface area (Å²) in [6.07, 6.45) is 2.31. The number of halogens is 2. The monoisotopic (exact) mass is 357 g/mol. The molecule has 1 aromatic heterocycles. The van der Waals surface area contributed by atoms with Crippen LogP contribution in [0.1, 0.15) is 25.3 Å². The number of nitrogens with one attached hydrogen (secondary N) is 2. The summed E-state index contributed by atoms with van der Waals surface area (Å²) < 4.78 is 0. The lowest BCUT2D eigenvalue weighted by Gasteiger charge is -2.27. The van der Waals surface area contributed by atoms with E-state index in [2.05, 4.69) is 15.6 Å². The number of amides is 1. The van der Waals surface area contributed by atoms with Crippen LogP contribution < -0.4 is 10.6 Å². The molecular formula is C12H21Cl2N3OS2. The van der Waals surface area contributed by atoms with Gasteiger partial charge in [0.25, 0.3) is 0 Å². The van der Waals surface area contributed by atoms with Crippen LogP contribution in [0.4, 0.5) is 0 Å². The van der Waals surface area contributed by atoms with Crippen LogP contribution in [0.25, 0.3) is 0 Å². The SMILES string of the molecule is CC(C)(NC(=O)CC1CSCCN1)c1nccs1.Cl.Cl. The summed E-state index contributed by atoms with van der Waals surface area (Å²) >= 11 is 3.48. The fraction of sp³-hybridized carbons (Fsp3) is 0.667. The van der Waals surface area contributed by atoms with Crippen LogP contribution in [0.5, 0.6) is 0 Å². The Kier molecular flexibility index (Phi) is 9.09. The summed E-state index contributed by atoms with van der Waals surface area (Å²) in [4.78, 5) is 16.3. The first kappa shape index (κ1) is 20.0. The highest BCUT2D eigenvalue weighted by Crippen LogP contribution is 2.22. The Morgan fingerprint density at radius 3 is 2.85 bits per heavy atom. The molecule has 1 aliphatic heterocycles. The lowest BCUT2D eigenvalue weighted by molar-refractivity contribution is -0.123. The summed E-state index contributed by atoms with van der Waals surface area (Å²) in [5.41, 5.74) is -0.382. The van der Waals surface area contributed by atoms with E-state index in [0.717, 1.165) is 23.1 Å². The van der Waals surface area contributed by atoms with Gasteiger partial charge >= 0.3 is 0 Å². The molecule has 2 heterocycles. The van der Waals surface area contributed by atoms with E-state index in [1.165, 1.54) is 0 Å². The Hall–Kier alpha value is -0.0100. The van der Waals surface area contributed by atoms with Crippen LogP contribution in [0.3, 0.4) is 0 Å². The molecule has 1 saturated heterocycles. The lowest BCUT2D eigenvalue weighted by atomic mass is 10.1. The maximum absolute atomic E-state index is 12.0. The van der Waals surface area contributed by atoms with Gasteiger partial charge in [-0.2, -0.15) is 11.8 Å². The lowest BCUT2D eigenvalue weighted by Crippen LogP contribution is -2.46. The standard InChI is InChI=1S/C12H19N3OS2.2ClH/c1-12(2,11-14-4-6-18-11)15-10(16)7-9-8-17-5-3-13-9;;/h4,6,9,13H,3,5,7-8H2,1-2H3,(H,15,16);2*1H. The zero-order valence-electron chi connectivity index (χ0n) is 11.5. The van der Waals surface area contributed by atoms with Crippen molar-refractivity contribution in [2.45, 2.75) is 31.8 Å². The van der Waals surface area contributed by atoms with Gasteiger partial charge in [0.15, 0.2) is 0 Å². The summed E-state index contributed by atoms with van der Waals surface area (Å²) in [6.45, 7) is 4.98. The number of hydrogen-bond acceptors (Lipinski definition) is 5. The van der Waals surface area contributed by atoms with E-state index in [1.54, 1.807) is 17.5 Å². The van der Waals surface area contributed by atoms with Crippen LogP contribution in [0, 0.1) is 0 Å². The molecule has 2 N–H and O–H groups in total. The van der Waals surface area contributed by atoms with Crippen molar-refractivity contribution in [2.24, 2.45) is 0 Å². The average molecular weight is 358 g/mol. The maximum Gasteiger partial charge on any atom is 0.222 e. The topological polar surface area (TPSA) is 54.0 Å². The van der Waals surface area contributed by atoms with E-state index in [0.29, 0.717) is 12.5 Å². The van der Waals surface area contributed by atoms with Crippen molar-refractivity contribution in [2.75, 3.05) is 18.1 Å². The fourth-order valence-corrected chi connectivity index (χ4v) is 3.63. The van der Waals surface area contributed by atoms with Gasteiger partial charge in [0.05, 0.1) is 5.54 Å². The van der Waals surface area contributed by atoms with E-state index in [9.17, 15) is 4.79 Å². The number of aromatic nitrogens is 1. The highest BCUT2D eigenvalue weighted by molar-refractivity contribution is 7.99. The first-order chi connectivity index (χ1) is 8.58.